The summed E-state index contributed by atoms with van der Waals surface area (Å²) in [5.74, 6) is -1.28. The number of amides is 1. The maximum atomic E-state index is 13.4. The molecule has 0 spiro atoms. The van der Waals surface area contributed by atoms with Gasteiger partial charge < -0.3 is 15.4 Å². The third kappa shape index (κ3) is 4.41. The van der Waals surface area contributed by atoms with Gasteiger partial charge in [-0.1, -0.05) is 6.07 Å². The van der Waals surface area contributed by atoms with Gasteiger partial charge in [-0.25, -0.2) is 8.78 Å². The van der Waals surface area contributed by atoms with E-state index in [0.717, 1.165) is 50.6 Å². The van der Waals surface area contributed by atoms with Gasteiger partial charge in [0.05, 0.1) is 18.8 Å². The van der Waals surface area contributed by atoms with Gasteiger partial charge in [0.15, 0.2) is 11.6 Å². The van der Waals surface area contributed by atoms with Crippen LogP contribution in [-0.2, 0) is 9.53 Å². The van der Waals surface area contributed by atoms with E-state index < -0.39 is 11.6 Å². The second-order valence-electron chi connectivity index (χ2n) is 7.57. The van der Waals surface area contributed by atoms with Crippen LogP contribution in [0.1, 0.15) is 56.9 Å². The van der Waals surface area contributed by atoms with Crippen LogP contribution in [-0.4, -0.2) is 42.1 Å². The van der Waals surface area contributed by atoms with Crippen LogP contribution in [0.3, 0.4) is 0 Å². The van der Waals surface area contributed by atoms with Crippen LogP contribution in [0, 0.1) is 11.6 Å². The number of ether oxygens (including phenoxy) is 1. The summed E-state index contributed by atoms with van der Waals surface area (Å²) in [6.07, 6.45) is 5.54. The number of nitrogens with two attached hydrogens (primary N) is 1. The largest absolute Gasteiger partial charge is 0.376 e. The first-order valence-corrected chi connectivity index (χ1v) is 9.55. The molecule has 26 heavy (non-hydrogen) atoms. The van der Waals surface area contributed by atoms with Crippen molar-refractivity contribution in [1.82, 2.24) is 4.90 Å². The SMILES string of the molecule is CC(=O)N1CCCC(N)[C@@H]1CO[C@H]1CC[C@@H](c2ccc(F)c(F)c2)CC1. The molecule has 3 rings (SSSR count). The minimum atomic E-state index is -0.801. The average molecular weight is 366 g/mol. The van der Waals surface area contributed by atoms with Crippen molar-refractivity contribution in [2.45, 2.75) is 69.6 Å². The summed E-state index contributed by atoms with van der Waals surface area (Å²) in [4.78, 5) is 13.6. The number of carbonyl (C=O) groups excluding carboxylic acids is 1. The number of hydrogen-bond donors (Lipinski definition) is 1. The van der Waals surface area contributed by atoms with E-state index in [-0.39, 0.29) is 30.0 Å². The quantitative estimate of drug-likeness (QED) is 0.889. The van der Waals surface area contributed by atoms with Crippen LogP contribution < -0.4 is 5.73 Å². The molecule has 1 aromatic carbocycles. The van der Waals surface area contributed by atoms with E-state index in [1.165, 1.54) is 12.1 Å². The lowest BCUT2D eigenvalue weighted by atomic mass is 9.82. The predicted molar refractivity (Wildman–Crippen MR) is 95.7 cm³/mol. The van der Waals surface area contributed by atoms with Crippen molar-refractivity contribution in [2.75, 3.05) is 13.2 Å². The summed E-state index contributed by atoms with van der Waals surface area (Å²) >= 11 is 0. The highest BCUT2D eigenvalue weighted by atomic mass is 19.2. The molecule has 0 radical (unpaired) electrons. The summed E-state index contributed by atoms with van der Waals surface area (Å²) in [6, 6.07) is 4.10. The van der Waals surface area contributed by atoms with Crippen molar-refractivity contribution in [2.24, 2.45) is 5.73 Å². The maximum Gasteiger partial charge on any atom is 0.219 e. The van der Waals surface area contributed by atoms with Crippen molar-refractivity contribution in [3.8, 4) is 0 Å². The van der Waals surface area contributed by atoms with E-state index in [1.54, 1.807) is 13.0 Å². The number of hydrogen-bond acceptors (Lipinski definition) is 3. The molecule has 2 fully saturated rings. The smallest absolute Gasteiger partial charge is 0.219 e. The number of benzene rings is 1. The van der Waals surface area contributed by atoms with Crippen LogP contribution in [0.2, 0.25) is 0 Å². The van der Waals surface area contributed by atoms with Crippen molar-refractivity contribution < 1.29 is 18.3 Å². The number of nitrogens with zero attached hydrogens (tertiary/aromatic N) is 1. The molecule has 1 amide bonds. The molecular weight excluding hydrogens is 338 g/mol. The molecule has 1 aliphatic carbocycles. The Morgan fingerprint density at radius 3 is 2.58 bits per heavy atom. The minimum Gasteiger partial charge on any atom is -0.376 e. The number of piperidine rings is 1. The summed E-state index contributed by atoms with van der Waals surface area (Å²) in [5.41, 5.74) is 7.07. The standard InChI is InChI=1S/C20H28F2N2O2/c1-13(25)24-10-2-3-19(23)20(24)12-26-16-7-4-14(5-8-16)15-6-9-17(21)18(22)11-15/h6,9,11,14,16,19-20H,2-5,7-8,10,12,23H2,1H3/t14-,16+,19?,20-/m0/s1. The Morgan fingerprint density at radius 2 is 1.92 bits per heavy atom. The summed E-state index contributed by atoms with van der Waals surface area (Å²) in [6.45, 7) is 2.80. The topological polar surface area (TPSA) is 55.6 Å². The zero-order valence-corrected chi connectivity index (χ0v) is 15.3. The van der Waals surface area contributed by atoms with E-state index in [2.05, 4.69) is 0 Å². The van der Waals surface area contributed by atoms with E-state index in [0.29, 0.717) is 6.61 Å². The van der Waals surface area contributed by atoms with Crippen LogP contribution in [0.5, 0.6) is 0 Å². The highest BCUT2D eigenvalue weighted by molar-refractivity contribution is 5.73. The number of carbonyl (C=O) groups is 1. The van der Waals surface area contributed by atoms with Gasteiger partial charge in [-0.3, -0.25) is 4.79 Å². The fraction of sp³-hybridized carbons (Fsp3) is 0.650. The maximum absolute atomic E-state index is 13.4. The Labute approximate surface area is 153 Å². The molecule has 2 atom stereocenters. The molecule has 1 aromatic rings. The van der Waals surface area contributed by atoms with Gasteiger partial charge in [-0.05, 0) is 62.1 Å². The fourth-order valence-electron chi connectivity index (χ4n) is 4.26. The van der Waals surface area contributed by atoms with Gasteiger partial charge in [-0.2, -0.15) is 0 Å². The first kappa shape index (κ1) is 19.2. The Kier molecular flexibility index (Phi) is 6.24. The number of halogens is 2. The number of likely N-dealkylation sites (tertiary alicyclic amines) is 1. The van der Waals surface area contributed by atoms with Gasteiger partial charge in [0.2, 0.25) is 5.91 Å². The van der Waals surface area contributed by atoms with Crippen molar-refractivity contribution in [3.63, 3.8) is 0 Å². The summed E-state index contributed by atoms with van der Waals surface area (Å²) in [5, 5.41) is 0. The molecule has 0 bridgehead atoms. The Hall–Kier alpha value is -1.53. The molecule has 1 saturated carbocycles. The first-order chi connectivity index (χ1) is 12.5. The van der Waals surface area contributed by atoms with Gasteiger partial charge in [0.1, 0.15) is 0 Å². The second kappa shape index (κ2) is 8.44. The number of rotatable bonds is 4. The molecule has 6 heteroatoms. The zero-order chi connectivity index (χ0) is 18.7. The monoisotopic (exact) mass is 366 g/mol. The van der Waals surface area contributed by atoms with Crippen molar-refractivity contribution in [1.29, 1.82) is 0 Å². The molecule has 144 valence electrons. The molecule has 1 heterocycles. The Morgan fingerprint density at radius 1 is 1.19 bits per heavy atom. The highest BCUT2D eigenvalue weighted by Gasteiger charge is 2.32. The van der Waals surface area contributed by atoms with Gasteiger partial charge in [0, 0.05) is 19.5 Å². The van der Waals surface area contributed by atoms with Crippen LogP contribution in [0.15, 0.2) is 18.2 Å². The van der Waals surface area contributed by atoms with E-state index in [1.807, 2.05) is 4.90 Å². The lowest BCUT2D eigenvalue weighted by Crippen LogP contribution is -2.56. The summed E-state index contributed by atoms with van der Waals surface area (Å²) in [7, 11) is 0. The highest BCUT2D eigenvalue weighted by Crippen LogP contribution is 2.34. The van der Waals surface area contributed by atoms with Crippen molar-refractivity contribution >= 4 is 5.91 Å². The van der Waals surface area contributed by atoms with Gasteiger partial charge >= 0.3 is 0 Å². The Bertz CT molecular complexity index is 632. The van der Waals surface area contributed by atoms with Crippen LogP contribution in [0.25, 0.3) is 0 Å². The normalized spacial score (nSPS) is 29.6. The zero-order valence-electron chi connectivity index (χ0n) is 15.3. The minimum absolute atomic E-state index is 0.0359. The van der Waals surface area contributed by atoms with E-state index >= 15 is 0 Å². The molecule has 2 aliphatic rings. The van der Waals surface area contributed by atoms with Gasteiger partial charge in [0.25, 0.3) is 0 Å². The predicted octanol–water partition coefficient (Wildman–Crippen LogP) is 3.35. The lowest BCUT2D eigenvalue weighted by molar-refractivity contribution is -0.135. The van der Waals surface area contributed by atoms with E-state index in [4.69, 9.17) is 10.5 Å². The van der Waals surface area contributed by atoms with Crippen molar-refractivity contribution in [3.05, 3.63) is 35.4 Å². The summed E-state index contributed by atoms with van der Waals surface area (Å²) < 4.78 is 32.6. The van der Waals surface area contributed by atoms with Crippen LogP contribution in [0.4, 0.5) is 8.78 Å². The van der Waals surface area contributed by atoms with Crippen LogP contribution >= 0.6 is 0 Å². The molecular formula is C20H28F2N2O2. The molecule has 0 aromatic heterocycles. The van der Waals surface area contributed by atoms with E-state index in [9.17, 15) is 13.6 Å². The first-order valence-electron chi connectivity index (χ1n) is 9.55. The fourth-order valence-corrected chi connectivity index (χ4v) is 4.26. The molecule has 4 nitrogen and oxygen atoms in total. The molecule has 1 aliphatic heterocycles. The molecule has 1 unspecified atom stereocenters. The average Bonchev–Trinajstić information content (AvgIpc) is 2.63. The molecule has 2 N–H and O–H groups in total. The second-order valence-corrected chi connectivity index (χ2v) is 7.57. The third-order valence-electron chi connectivity index (χ3n) is 5.83. The van der Waals surface area contributed by atoms with Gasteiger partial charge in [-0.15, -0.1) is 0 Å². The molecule has 1 saturated heterocycles. The Balaban J connectivity index is 1.50. The third-order valence-corrected chi connectivity index (χ3v) is 5.83. The lowest BCUT2D eigenvalue weighted by Gasteiger charge is -2.40.